The van der Waals surface area contributed by atoms with Crippen molar-refractivity contribution in [3.8, 4) is 51.0 Å². The lowest BCUT2D eigenvalue weighted by atomic mass is 9.90. The molecule has 3 aromatic carbocycles. The molecule has 5 aromatic rings. The molecule has 2 aromatic heterocycles. The summed E-state index contributed by atoms with van der Waals surface area (Å²) < 4.78 is 12.4. The van der Waals surface area contributed by atoms with Crippen molar-refractivity contribution < 1.29 is 13.9 Å². The molecule has 6 nitrogen and oxygen atoms in total. The molecule has 0 saturated heterocycles. The predicted octanol–water partition coefficient (Wildman–Crippen LogP) is 7.06. The fraction of sp³-hybridized carbons (Fsp3) is 0.167. The summed E-state index contributed by atoms with van der Waals surface area (Å²) in [6.45, 7) is 5.92. The molecule has 0 bridgehead atoms. The van der Waals surface area contributed by atoms with E-state index in [1.54, 1.807) is 6.20 Å². The summed E-state index contributed by atoms with van der Waals surface area (Å²) in [5, 5.41) is 7.36. The SMILES string of the molecule is CC(C)(C)C(C=O)Oc1cccc(-c2[nH]ncc2-c2nc(-c3ccccc3)c(-c3ccccc3)o2)c1. The number of ether oxygens (including phenoxy) is 1. The van der Waals surface area contributed by atoms with E-state index in [9.17, 15) is 4.79 Å². The molecule has 2 heterocycles. The Balaban J connectivity index is 1.56. The van der Waals surface area contributed by atoms with Gasteiger partial charge in [-0.1, -0.05) is 93.6 Å². The number of aromatic amines is 1. The monoisotopic (exact) mass is 477 g/mol. The first-order valence-electron chi connectivity index (χ1n) is 11.8. The summed E-state index contributed by atoms with van der Waals surface area (Å²) in [6, 6.07) is 27.5. The zero-order chi connectivity index (χ0) is 25.1. The number of oxazole rings is 1. The Hall–Kier alpha value is -4.45. The molecule has 0 fully saturated rings. The van der Waals surface area contributed by atoms with Crippen LogP contribution in [0.25, 0.3) is 45.3 Å². The van der Waals surface area contributed by atoms with Gasteiger partial charge < -0.3 is 9.15 Å². The zero-order valence-corrected chi connectivity index (χ0v) is 20.4. The molecule has 0 saturated carbocycles. The van der Waals surface area contributed by atoms with E-state index in [2.05, 4.69) is 10.2 Å². The summed E-state index contributed by atoms with van der Waals surface area (Å²) in [7, 11) is 0. The van der Waals surface area contributed by atoms with Crippen molar-refractivity contribution >= 4 is 6.29 Å². The first-order chi connectivity index (χ1) is 17.4. The van der Waals surface area contributed by atoms with Crippen molar-refractivity contribution in [2.75, 3.05) is 0 Å². The van der Waals surface area contributed by atoms with E-state index in [1.165, 1.54) is 0 Å². The van der Waals surface area contributed by atoms with Crippen molar-refractivity contribution in [3.05, 3.63) is 91.1 Å². The number of rotatable bonds is 7. The Morgan fingerprint density at radius 1 is 0.889 bits per heavy atom. The number of carbonyl (C=O) groups is 1. The number of hydrogen-bond acceptors (Lipinski definition) is 5. The third-order valence-corrected chi connectivity index (χ3v) is 5.94. The summed E-state index contributed by atoms with van der Waals surface area (Å²) in [5.41, 5.74) is 4.68. The molecule has 0 aliphatic rings. The topological polar surface area (TPSA) is 81.0 Å². The first kappa shape index (κ1) is 23.3. The summed E-state index contributed by atoms with van der Waals surface area (Å²) in [6.07, 6.45) is 1.99. The van der Waals surface area contributed by atoms with E-state index in [1.807, 2.05) is 106 Å². The largest absolute Gasteiger partial charge is 0.482 e. The van der Waals surface area contributed by atoms with E-state index in [0.29, 0.717) is 17.4 Å². The standard InChI is InChI=1S/C30H27N3O3/c1-30(2,3)25(19-34)35-23-16-10-15-22(17-23)26-24(18-31-33-26)29-32-27(20-11-6-4-7-12-20)28(36-29)21-13-8-5-9-14-21/h4-19,25H,1-3H3,(H,31,33). The molecule has 36 heavy (non-hydrogen) atoms. The molecule has 0 aliphatic carbocycles. The molecular formula is C30H27N3O3. The fourth-order valence-corrected chi connectivity index (χ4v) is 3.96. The Bertz CT molecular complexity index is 1410. The van der Waals surface area contributed by atoms with Crippen LogP contribution in [0.3, 0.4) is 0 Å². The zero-order valence-electron chi connectivity index (χ0n) is 20.4. The molecule has 6 heteroatoms. The van der Waals surface area contributed by atoms with Crippen LogP contribution in [0.4, 0.5) is 0 Å². The molecule has 180 valence electrons. The lowest BCUT2D eigenvalue weighted by Crippen LogP contribution is -2.33. The molecule has 1 atom stereocenters. The second kappa shape index (κ2) is 9.66. The number of aromatic nitrogens is 3. The quantitative estimate of drug-likeness (QED) is 0.254. The number of H-pyrrole nitrogens is 1. The molecule has 5 rings (SSSR count). The van der Waals surface area contributed by atoms with Crippen LogP contribution >= 0.6 is 0 Å². The second-order valence-corrected chi connectivity index (χ2v) is 9.66. The van der Waals surface area contributed by atoms with Gasteiger partial charge in [-0.25, -0.2) is 4.98 Å². The van der Waals surface area contributed by atoms with Gasteiger partial charge in [0.2, 0.25) is 5.89 Å². The summed E-state index contributed by atoms with van der Waals surface area (Å²) in [5.74, 6) is 1.76. The number of nitrogens with one attached hydrogen (secondary N) is 1. The second-order valence-electron chi connectivity index (χ2n) is 9.66. The highest BCUT2D eigenvalue weighted by Crippen LogP contribution is 2.39. The normalized spacial score (nSPS) is 12.3. The van der Waals surface area contributed by atoms with Crippen LogP contribution in [-0.2, 0) is 4.79 Å². The Morgan fingerprint density at radius 3 is 2.22 bits per heavy atom. The van der Waals surface area contributed by atoms with E-state index in [-0.39, 0.29) is 5.41 Å². The minimum Gasteiger partial charge on any atom is -0.482 e. The van der Waals surface area contributed by atoms with Gasteiger partial charge in [-0.2, -0.15) is 5.10 Å². The maximum atomic E-state index is 11.6. The third-order valence-electron chi connectivity index (χ3n) is 5.94. The van der Waals surface area contributed by atoms with Gasteiger partial charge in [0.05, 0.1) is 17.5 Å². The van der Waals surface area contributed by atoms with Crippen LogP contribution in [0.15, 0.2) is 95.5 Å². The fourth-order valence-electron chi connectivity index (χ4n) is 3.96. The van der Waals surface area contributed by atoms with Gasteiger partial charge in [-0.05, 0) is 12.1 Å². The van der Waals surface area contributed by atoms with Crippen molar-refractivity contribution in [2.24, 2.45) is 5.41 Å². The predicted molar refractivity (Wildman–Crippen MR) is 140 cm³/mol. The smallest absolute Gasteiger partial charge is 0.231 e. The van der Waals surface area contributed by atoms with Crippen LogP contribution in [0.1, 0.15) is 20.8 Å². The molecule has 1 N–H and O–H groups in total. The van der Waals surface area contributed by atoms with Crippen LogP contribution in [0, 0.1) is 5.41 Å². The van der Waals surface area contributed by atoms with Crippen LogP contribution in [0.5, 0.6) is 5.75 Å². The Kier molecular flexibility index (Phi) is 6.25. The number of hydrogen-bond donors (Lipinski definition) is 1. The molecule has 0 spiro atoms. The highest BCUT2D eigenvalue weighted by Gasteiger charge is 2.26. The van der Waals surface area contributed by atoms with Crippen LogP contribution in [0.2, 0.25) is 0 Å². The van der Waals surface area contributed by atoms with E-state index in [0.717, 1.165) is 39.9 Å². The van der Waals surface area contributed by atoms with Gasteiger partial charge in [0.1, 0.15) is 11.4 Å². The lowest BCUT2D eigenvalue weighted by molar-refractivity contribution is -0.117. The minimum absolute atomic E-state index is 0.323. The lowest BCUT2D eigenvalue weighted by Gasteiger charge is -2.26. The van der Waals surface area contributed by atoms with Crippen LogP contribution in [-0.4, -0.2) is 27.6 Å². The van der Waals surface area contributed by atoms with Gasteiger partial charge in [-0.3, -0.25) is 9.89 Å². The van der Waals surface area contributed by atoms with Gasteiger partial charge in [0, 0.05) is 22.1 Å². The van der Waals surface area contributed by atoms with E-state index >= 15 is 0 Å². The third kappa shape index (κ3) is 4.70. The molecular weight excluding hydrogens is 450 g/mol. The molecule has 0 aliphatic heterocycles. The van der Waals surface area contributed by atoms with Gasteiger partial charge in [-0.15, -0.1) is 0 Å². The van der Waals surface area contributed by atoms with Gasteiger partial charge >= 0.3 is 0 Å². The van der Waals surface area contributed by atoms with Crippen molar-refractivity contribution in [3.63, 3.8) is 0 Å². The maximum absolute atomic E-state index is 11.6. The molecule has 1 unspecified atom stereocenters. The van der Waals surface area contributed by atoms with Gasteiger partial charge in [0.25, 0.3) is 0 Å². The highest BCUT2D eigenvalue weighted by atomic mass is 16.5. The van der Waals surface area contributed by atoms with E-state index in [4.69, 9.17) is 14.1 Å². The molecule has 0 amide bonds. The number of carbonyl (C=O) groups excluding carboxylic acids is 1. The average Bonchev–Trinajstić information content (AvgIpc) is 3.55. The number of aldehydes is 1. The summed E-state index contributed by atoms with van der Waals surface area (Å²) >= 11 is 0. The maximum Gasteiger partial charge on any atom is 0.231 e. The highest BCUT2D eigenvalue weighted by molar-refractivity contribution is 5.82. The molecule has 0 radical (unpaired) electrons. The van der Waals surface area contributed by atoms with Gasteiger partial charge in [0.15, 0.2) is 18.2 Å². The first-order valence-corrected chi connectivity index (χ1v) is 11.8. The van der Waals surface area contributed by atoms with E-state index < -0.39 is 6.10 Å². The Morgan fingerprint density at radius 2 is 1.56 bits per heavy atom. The van der Waals surface area contributed by atoms with Crippen molar-refractivity contribution in [1.82, 2.24) is 15.2 Å². The van der Waals surface area contributed by atoms with Crippen LogP contribution < -0.4 is 4.74 Å². The van der Waals surface area contributed by atoms with Crippen molar-refractivity contribution in [2.45, 2.75) is 26.9 Å². The van der Waals surface area contributed by atoms with Crippen molar-refractivity contribution in [1.29, 1.82) is 0 Å². The number of nitrogens with zero attached hydrogens (tertiary/aromatic N) is 2. The number of benzene rings is 3. The average molecular weight is 478 g/mol. The minimum atomic E-state index is -0.567. The Labute approximate surface area is 210 Å². The summed E-state index contributed by atoms with van der Waals surface area (Å²) in [4.78, 5) is 16.5.